The molecule has 0 amide bonds. The van der Waals surface area contributed by atoms with E-state index in [1.165, 1.54) is 13.2 Å². The molecule has 154 valence electrons. The maximum Gasteiger partial charge on any atom is 0.194 e. The van der Waals surface area contributed by atoms with Crippen molar-refractivity contribution in [1.29, 1.82) is 0 Å². The van der Waals surface area contributed by atoms with Gasteiger partial charge in [-0.1, -0.05) is 6.07 Å². The molecule has 0 atom stereocenters. The second-order valence-electron chi connectivity index (χ2n) is 6.49. The molecule has 1 saturated heterocycles. The van der Waals surface area contributed by atoms with Crippen molar-refractivity contribution in [2.75, 3.05) is 47.6 Å². The predicted octanol–water partition coefficient (Wildman–Crippen LogP) is 3.05. The van der Waals surface area contributed by atoms with Crippen molar-refractivity contribution in [3.8, 4) is 5.75 Å². The van der Waals surface area contributed by atoms with Crippen molar-refractivity contribution in [3.05, 3.63) is 29.6 Å². The molecule has 0 aromatic heterocycles. The van der Waals surface area contributed by atoms with Gasteiger partial charge in [-0.3, -0.25) is 4.99 Å². The molecular formula is C19H31FIN3O3. The van der Waals surface area contributed by atoms with E-state index in [4.69, 9.17) is 19.2 Å². The summed E-state index contributed by atoms with van der Waals surface area (Å²) in [7, 11) is 5.13. The minimum absolute atomic E-state index is 0. The normalized spacial score (nSPS) is 16.4. The summed E-state index contributed by atoms with van der Waals surface area (Å²) in [6.07, 6.45) is 1.67. The highest BCUT2D eigenvalue weighted by Gasteiger charge is 2.32. The van der Waals surface area contributed by atoms with Crippen molar-refractivity contribution in [1.82, 2.24) is 10.2 Å². The fraction of sp³-hybridized carbons (Fsp3) is 0.632. The first-order valence-corrected chi connectivity index (χ1v) is 8.98. The molecule has 1 heterocycles. The van der Waals surface area contributed by atoms with Crippen LogP contribution in [0.1, 0.15) is 25.3 Å². The van der Waals surface area contributed by atoms with Crippen LogP contribution < -0.4 is 10.1 Å². The molecule has 2 rings (SSSR count). The summed E-state index contributed by atoms with van der Waals surface area (Å²) < 4.78 is 30.1. The number of rotatable bonds is 7. The Morgan fingerprint density at radius 1 is 1.33 bits per heavy atom. The average Bonchev–Trinajstić information content (AvgIpc) is 2.66. The second-order valence-corrected chi connectivity index (χ2v) is 6.49. The predicted molar refractivity (Wildman–Crippen MR) is 116 cm³/mol. The Morgan fingerprint density at radius 2 is 2.04 bits per heavy atom. The largest absolute Gasteiger partial charge is 0.494 e. The van der Waals surface area contributed by atoms with Gasteiger partial charge < -0.3 is 24.4 Å². The average molecular weight is 495 g/mol. The number of hydrogen-bond donors (Lipinski definition) is 1. The van der Waals surface area contributed by atoms with Crippen LogP contribution in [-0.2, 0) is 16.0 Å². The Morgan fingerprint density at radius 3 is 2.59 bits per heavy atom. The van der Waals surface area contributed by atoms with Crippen LogP contribution in [0.3, 0.4) is 0 Å². The van der Waals surface area contributed by atoms with Crippen LogP contribution >= 0.6 is 24.0 Å². The number of halogens is 2. The summed E-state index contributed by atoms with van der Waals surface area (Å²) in [5.74, 6) is 0.658. The number of benzene rings is 1. The Bertz CT molecular complexity index is 610. The standard InChI is InChI=1S/C19H30FN3O3.HI/c1-5-21-18(22-14-19(25-4)8-10-26-11-9-19)23(2)13-15-6-7-17(24-3)16(20)12-15;/h6-7,12H,5,8-11,13-14H2,1-4H3,(H,21,22);1H. The van der Waals surface area contributed by atoms with E-state index in [-0.39, 0.29) is 41.1 Å². The third-order valence-electron chi connectivity index (χ3n) is 4.69. The number of guanidine groups is 1. The number of ether oxygens (including phenoxy) is 3. The van der Waals surface area contributed by atoms with E-state index >= 15 is 0 Å². The number of methoxy groups -OCH3 is 2. The molecule has 1 aromatic rings. The molecule has 0 spiro atoms. The molecule has 1 aliphatic heterocycles. The van der Waals surface area contributed by atoms with Crippen LogP contribution in [0.2, 0.25) is 0 Å². The van der Waals surface area contributed by atoms with Gasteiger partial charge in [-0.05, 0) is 24.6 Å². The smallest absolute Gasteiger partial charge is 0.194 e. The van der Waals surface area contributed by atoms with Crippen LogP contribution in [0.15, 0.2) is 23.2 Å². The molecule has 1 aliphatic rings. The van der Waals surface area contributed by atoms with Crippen LogP contribution in [0.25, 0.3) is 0 Å². The van der Waals surface area contributed by atoms with E-state index in [2.05, 4.69) is 5.32 Å². The molecule has 1 N–H and O–H groups in total. The summed E-state index contributed by atoms with van der Waals surface area (Å²) >= 11 is 0. The Balaban J connectivity index is 0.00000364. The molecule has 0 unspecified atom stereocenters. The first-order valence-electron chi connectivity index (χ1n) is 8.98. The second kappa shape index (κ2) is 11.7. The molecule has 1 fully saturated rings. The lowest BCUT2D eigenvalue weighted by molar-refractivity contribution is -0.0829. The van der Waals surface area contributed by atoms with E-state index in [1.807, 2.05) is 24.9 Å². The lowest BCUT2D eigenvalue weighted by atomic mass is 9.94. The minimum atomic E-state index is -0.360. The molecule has 1 aromatic carbocycles. The highest BCUT2D eigenvalue weighted by Crippen LogP contribution is 2.25. The number of aliphatic imine (C=N–C) groups is 1. The van der Waals surface area contributed by atoms with E-state index in [0.717, 1.165) is 30.9 Å². The van der Waals surface area contributed by atoms with Crippen molar-refractivity contribution < 1.29 is 18.6 Å². The van der Waals surface area contributed by atoms with Gasteiger partial charge in [-0.15, -0.1) is 24.0 Å². The SMILES string of the molecule is CCNC(=NCC1(OC)CCOCC1)N(C)Cc1ccc(OC)c(F)c1.I. The monoisotopic (exact) mass is 495 g/mol. The van der Waals surface area contributed by atoms with Gasteiger partial charge in [-0.2, -0.15) is 0 Å². The number of nitrogens with one attached hydrogen (secondary N) is 1. The number of nitrogens with zero attached hydrogens (tertiary/aromatic N) is 2. The molecule has 0 saturated carbocycles. The van der Waals surface area contributed by atoms with Crippen LogP contribution in [0, 0.1) is 5.82 Å². The summed E-state index contributed by atoms with van der Waals surface area (Å²) in [4.78, 5) is 6.74. The summed E-state index contributed by atoms with van der Waals surface area (Å²) in [5.41, 5.74) is 0.579. The van der Waals surface area contributed by atoms with Crippen LogP contribution in [0.4, 0.5) is 4.39 Å². The highest BCUT2D eigenvalue weighted by molar-refractivity contribution is 14.0. The van der Waals surface area contributed by atoms with Gasteiger partial charge in [-0.25, -0.2) is 4.39 Å². The molecule has 8 heteroatoms. The van der Waals surface area contributed by atoms with E-state index in [0.29, 0.717) is 26.3 Å². The zero-order chi connectivity index (χ0) is 19.0. The molecule has 0 bridgehead atoms. The van der Waals surface area contributed by atoms with E-state index in [9.17, 15) is 4.39 Å². The van der Waals surface area contributed by atoms with E-state index < -0.39 is 0 Å². The summed E-state index contributed by atoms with van der Waals surface area (Å²) in [6, 6.07) is 5.00. The van der Waals surface area contributed by atoms with Gasteiger partial charge >= 0.3 is 0 Å². The first kappa shape index (κ1) is 23.9. The fourth-order valence-corrected chi connectivity index (χ4v) is 3.02. The third-order valence-corrected chi connectivity index (χ3v) is 4.69. The maximum atomic E-state index is 13.9. The van der Waals surface area contributed by atoms with E-state index in [1.54, 1.807) is 13.2 Å². The Hall–Kier alpha value is -1.13. The highest BCUT2D eigenvalue weighted by atomic mass is 127. The van der Waals surface area contributed by atoms with Crippen molar-refractivity contribution in [3.63, 3.8) is 0 Å². The van der Waals surface area contributed by atoms with Crippen LogP contribution in [-0.4, -0.2) is 64.0 Å². The molecule has 6 nitrogen and oxygen atoms in total. The van der Waals surface area contributed by atoms with Gasteiger partial charge in [0.05, 0.1) is 19.3 Å². The van der Waals surface area contributed by atoms with Crippen LogP contribution in [0.5, 0.6) is 5.75 Å². The van der Waals surface area contributed by atoms with Gasteiger partial charge in [0.1, 0.15) is 0 Å². The minimum Gasteiger partial charge on any atom is -0.494 e. The quantitative estimate of drug-likeness (QED) is 0.358. The van der Waals surface area contributed by atoms with Gasteiger partial charge in [0, 0.05) is 53.3 Å². The van der Waals surface area contributed by atoms with Gasteiger partial charge in [0.25, 0.3) is 0 Å². The molecule has 0 aliphatic carbocycles. The number of hydrogen-bond acceptors (Lipinski definition) is 4. The molecular weight excluding hydrogens is 464 g/mol. The first-order chi connectivity index (χ1) is 12.5. The fourth-order valence-electron chi connectivity index (χ4n) is 3.02. The third kappa shape index (κ3) is 6.76. The van der Waals surface area contributed by atoms with Crippen molar-refractivity contribution >= 4 is 29.9 Å². The molecule has 0 radical (unpaired) electrons. The summed E-state index contributed by atoms with van der Waals surface area (Å²) in [5, 5.41) is 3.29. The lowest BCUT2D eigenvalue weighted by Crippen LogP contribution is -2.44. The summed E-state index contributed by atoms with van der Waals surface area (Å²) in [6.45, 7) is 5.27. The Labute approximate surface area is 178 Å². The maximum absolute atomic E-state index is 13.9. The lowest BCUT2D eigenvalue weighted by Gasteiger charge is -2.35. The van der Waals surface area contributed by atoms with Gasteiger partial charge in [0.15, 0.2) is 17.5 Å². The van der Waals surface area contributed by atoms with Gasteiger partial charge in [0.2, 0.25) is 0 Å². The zero-order valence-electron chi connectivity index (χ0n) is 16.6. The van der Waals surface area contributed by atoms with Crippen molar-refractivity contribution in [2.45, 2.75) is 31.9 Å². The zero-order valence-corrected chi connectivity index (χ0v) is 18.9. The topological polar surface area (TPSA) is 55.3 Å². The molecule has 27 heavy (non-hydrogen) atoms. The van der Waals surface area contributed by atoms with Crippen molar-refractivity contribution in [2.24, 2.45) is 4.99 Å². The Kier molecular flexibility index (Phi) is 10.3.